The third-order valence-corrected chi connectivity index (χ3v) is 7.20. The van der Waals surface area contributed by atoms with Crippen LogP contribution in [0.2, 0.25) is 0 Å². The highest BCUT2D eigenvalue weighted by Gasteiger charge is 2.22. The lowest BCUT2D eigenvalue weighted by atomic mass is 10.1. The number of aromatic nitrogens is 1. The maximum Gasteiger partial charge on any atom is 0.219 e. The maximum absolute atomic E-state index is 11.8. The van der Waals surface area contributed by atoms with Gasteiger partial charge >= 0.3 is 0 Å². The zero-order chi connectivity index (χ0) is 25.7. The third-order valence-electron chi connectivity index (χ3n) is 6.47. The van der Waals surface area contributed by atoms with Gasteiger partial charge in [0.1, 0.15) is 5.82 Å². The Morgan fingerprint density at radius 3 is 2.25 bits per heavy atom. The molecular weight excluding hydrogens is 476 g/mol. The Labute approximate surface area is 216 Å². The van der Waals surface area contributed by atoms with Gasteiger partial charge < -0.3 is 29.3 Å². The number of fused-ring (bicyclic) bond motifs is 1. The number of hydrogen-bond acceptors (Lipinski definition) is 8. The molecule has 0 radical (unpaired) electrons. The van der Waals surface area contributed by atoms with Gasteiger partial charge in [0.2, 0.25) is 11.7 Å². The Kier molecular flexibility index (Phi) is 8.43. The van der Waals surface area contributed by atoms with Gasteiger partial charge in [0, 0.05) is 62.0 Å². The molecule has 0 aliphatic carbocycles. The zero-order valence-electron chi connectivity index (χ0n) is 21.6. The molecule has 2 heterocycles. The molecule has 0 spiro atoms. The quantitative estimate of drug-likeness (QED) is 0.434. The van der Waals surface area contributed by atoms with Gasteiger partial charge in [-0.15, -0.1) is 11.8 Å². The van der Waals surface area contributed by atoms with Crippen molar-refractivity contribution >= 4 is 34.4 Å². The minimum Gasteiger partial charge on any atom is -0.493 e. The Hall–Kier alpha value is -3.17. The van der Waals surface area contributed by atoms with Crippen molar-refractivity contribution in [1.82, 2.24) is 15.2 Å². The van der Waals surface area contributed by atoms with Crippen LogP contribution in [0, 0.1) is 0 Å². The second kappa shape index (κ2) is 11.7. The average molecular weight is 511 g/mol. The normalized spacial score (nSPS) is 13.7. The van der Waals surface area contributed by atoms with Crippen molar-refractivity contribution in [3.63, 3.8) is 0 Å². The molecule has 4 rings (SSSR count). The molecule has 1 fully saturated rings. The summed E-state index contributed by atoms with van der Waals surface area (Å²) in [5.74, 6) is 2.95. The topological polar surface area (TPSA) is 76.2 Å². The SMILES string of the molecule is COc1cc(CNCc2cc3ccc(SC)cc3nc2N2CCN(C(C)=O)CC2)cc(OC)c1OC. The number of benzene rings is 2. The molecule has 2 aromatic carbocycles. The molecule has 0 bridgehead atoms. The van der Waals surface area contributed by atoms with Gasteiger partial charge in [-0.05, 0) is 42.2 Å². The predicted octanol–water partition coefficient (Wildman–Crippen LogP) is 3.94. The molecule has 0 atom stereocenters. The number of carbonyl (C=O) groups is 1. The lowest BCUT2D eigenvalue weighted by Gasteiger charge is -2.36. The van der Waals surface area contributed by atoms with E-state index in [9.17, 15) is 4.79 Å². The van der Waals surface area contributed by atoms with Gasteiger partial charge in [0.15, 0.2) is 11.5 Å². The van der Waals surface area contributed by atoms with Crippen molar-refractivity contribution in [1.29, 1.82) is 0 Å². The maximum atomic E-state index is 11.8. The van der Waals surface area contributed by atoms with Crippen LogP contribution >= 0.6 is 11.8 Å². The van der Waals surface area contributed by atoms with Crippen LogP contribution in [0.15, 0.2) is 41.3 Å². The van der Waals surface area contributed by atoms with E-state index in [-0.39, 0.29) is 5.91 Å². The first-order valence-corrected chi connectivity index (χ1v) is 13.2. The van der Waals surface area contributed by atoms with Crippen LogP contribution in [0.25, 0.3) is 10.9 Å². The summed E-state index contributed by atoms with van der Waals surface area (Å²) in [6.45, 7) is 5.84. The first kappa shape index (κ1) is 25.9. The Bertz CT molecular complexity index is 1200. The number of nitrogens with zero attached hydrogens (tertiary/aromatic N) is 3. The lowest BCUT2D eigenvalue weighted by molar-refractivity contribution is -0.129. The molecule has 1 N–H and O–H groups in total. The number of amides is 1. The monoisotopic (exact) mass is 510 g/mol. The van der Waals surface area contributed by atoms with E-state index in [4.69, 9.17) is 19.2 Å². The summed E-state index contributed by atoms with van der Waals surface area (Å²) in [4.78, 5) is 22.3. The summed E-state index contributed by atoms with van der Waals surface area (Å²) < 4.78 is 16.4. The summed E-state index contributed by atoms with van der Waals surface area (Å²) in [6.07, 6.45) is 2.07. The van der Waals surface area contributed by atoms with Gasteiger partial charge in [-0.1, -0.05) is 6.07 Å². The number of rotatable bonds is 9. The van der Waals surface area contributed by atoms with Gasteiger partial charge in [0.25, 0.3) is 0 Å². The molecule has 1 aliphatic rings. The number of hydrogen-bond donors (Lipinski definition) is 1. The van der Waals surface area contributed by atoms with Crippen LogP contribution < -0.4 is 24.4 Å². The average Bonchev–Trinajstić information content (AvgIpc) is 2.91. The van der Waals surface area contributed by atoms with Crippen molar-refractivity contribution in [2.24, 2.45) is 0 Å². The summed E-state index contributed by atoms with van der Waals surface area (Å²) >= 11 is 1.71. The minimum absolute atomic E-state index is 0.123. The van der Waals surface area contributed by atoms with Gasteiger partial charge in [-0.3, -0.25) is 4.79 Å². The number of methoxy groups -OCH3 is 3. The minimum atomic E-state index is 0.123. The highest BCUT2D eigenvalue weighted by Crippen LogP contribution is 2.38. The first-order chi connectivity index (χ1) is 17.5. The van der Waals surface area contributed by atoms with Crippen LogP contribution in [0.5, 0.6) is 17.2 Å². The summed E-state index contributed by atoms with van der Waals surface area (Å²) in [6, 6.07) is 12.5. The molecule has 1 amide bonds. The Balaban J connectivity index is 1.58. The van der Waals surface area contributed by atoms with E-state index < -0.39 is 0 Å². The van der Waals surface area contributed by atoms with E-state index in [1.165, 1.54) is 4.90 Å². The summed E-state index contributed by atoms with van der Waals surface area (Å²) in [5, 5.41) is 4.68. The van der Waals surface area contributed by atoms with E-state index in [0.717, 1.165) is 40.9 Å². The molecule has 9 heteroatoms. The molecule has 0 saturated carbocycles. The first-order valence-electron chi connectivity index (χ1n) is 11.9. The fraction of sp³-hybridized carbons (Fsp3) is 0.407. The Morgan fingerprint density at radius 2 is 1.67 bits per heavy atom. The number of thioether (sulfide) groups is 1. The highest BCUT2D eigenvalue weighted by molar-refractivity contribution is 7.98. The fourth-order valence-electron chi connectivity index (χ4n) is 4.52. The second-order valence-electron chi connectivity index (χ2n) is 8.66. The van der Waals surface area contributed by atoms with E-state index in [1.54, 1.807) is 40.0 Å². The summed E-state index contributed by atoms with van der Waals surface area (Å²) in [5.41, 5.74) is 3.14. The second-order valence-corrected chi connectivity index (χ2v) is 9.54. The van der Waals surface area contributed by atoms with Gasteiger partial charge in [-0.2, -0.15) is 0 Å². The van der Waals surface area contributed by atoms with E-state index in [0.29, 0.717) is 43.4 Å². The van der Waals surface area contributed by atoms with E-state index in [1.807, 2.05) is 17.0 Å². The number of piperazine rings is 1. The number of pyridine rings is 1. The largest absolute Gasteiger partial charge is 0.493 e. The molecule has 3 aromatic rings. The smallest absolute Gasteiger partial charge is 0.219 e. The molecule has 1 saturated heterocycles. The number of anilines is 1. The highest BCUT2D eigenvalue weighted by atomic mass is 32.2. The van der Waals surface area contributed by atoms with Crippen LogP contribution in [-0.4, -0.2) is 69.6 Å². The number of carbonyl (C=O) groups excluding carboxylic acids is 1. The standard InChI is InChI=1S/C27H34N4O4S/c1-18(32)30-8-10-31(11-9-30)27-21(14-20-6-7-22(36-5)15-23(20)29-27)17-28-16-19-12-24(33-2)26(35-4)25(13-19)34-3/h6-7,12-15,28H,8-11,16-17H2,1-5H3. The van der Waals surface area contributed by atoms with Crippen LogP contribution in [-0.2, 0) is 17.9 Å². The van der Waals surface area contributed by atoms with Crippen LogP contribution in [0.1, 0.15) is 18.1 Å². The van der Waals surface area contributed by atoms with Crippen molar-refractivity contribution in [3.05, 3.63) is 47.5 Å². The predicted molar refractivity (Wildman–Crippen MR) is 145 cm³/mol. The van der Waals surface area contributed by atoms with Crippen molar-refractivity contribution in [3.8, 4) is 17.2 Å². The van der Waals surface area contributed by atoms with Crippen molar-refractivity contribution in [2.45, 2.75) is 24.9 Å². The molecule has 8 nitrogen and oxygen atoms in total. The third kappa shape index (κ3) is 5.63. The summed E-state index contributed by atoms with van der Waals surface area (Å²) in [7, 11) is 4.84. The number of ether oxygens (including phenoxy) is 3. The molecular formula is C27H34N4O4S. The van der Waals surface area contributed by atoms with Crippen LogP contribution in [0.4, 0.5) is 5.82 Å². The number of nitrogens with one attached hydrogen (secondary N) is 1. The van der Waals surface area contributed by atoms with Gasteiger partial charge in [-0.25, -0.2) is 4.98 Å². The van der Waals surface area contributed by atoms with Crippen LogP contribution in [0.3, 0.4) is 0 Å². The van der Waals surface area contributed by atoms with Crippen molar-refractivity contribution < 1.29 is 19.0 Å². The fourth-order valence-corrected chi connectivity index (χ4v) is 4.96. The van der Waals surface area contributed by atoms with E-state index in [2.05, 4.69) is 40.7 Å². The molecule has 1 aromatic heterocycles. The zero-order valence-corrected chi connectivity index (χ0v) is 22.4. The molecule has 1 aliphatic heterocycles. The Morgan fingerprint density at radius 1 is 0.972 bits per heavy atom. The molecule has 36 heavy (non-hydrogen) atoms. The van der Waals surface area contributed by atoms with E-state index >= 15 is 0 Å². The molecule has 0 unspecified atom stereocenters. The van der Waals surface area contributed by atoms with Crippen molar-refractivity contribution in [2.75, 3.05) is 58.7 Å². The molecule has 192 valence electrons. The lowest BCUT2D eigenvalue weighted by Crippen LogP contribution is -2.48. The van der Waals surface area contributed by atoms with Gasteiger partial charge in [0.05, 0.1) is 26.8 Å².